The van der Waals surface area contributed by atoms with Gasteiger partial charge in [0.2, 0.25) is 10.0 Å². The molecule has 2 aliphatic heterocycles. The average Bonchev–Trinajstić information content (AvgIpc) is 2.74. The Morgan fingerprint density at radius 1 is 1.17 bits per heavy atom. The van der Waals surface area contributed by atoms with Crippen molar-refractivity contribution in [2.45, 2.75) is 17.9 Å². The van der Waals surface area contributed by atoms with Gasteiger partial charge in [0, 0.05) is 25.7 Å². The molecule has 1 amide bonds. The fourth-order valence-electron chi connectivity index (χ4n) is 3.73. The molecule has 160 valence electrons. The summed E-state index contributed by atoms with van der Waals surface area (Å²) in [5.41, 5.74) is 2.54. The highest BCUT2D eigenvalue weighted by Gasteiger charge is 2.26. The van der Waals surface area contributed by atoms with E-state index in [4.69, 9.17) is 9.47 Å². The van der Waals surface area contributed by atoms with E-state index in [1.165, 1.54) is 12.1 Å². The van der Waals surface area contributed by atoms with Crippen molar-refractivity contribution in [2.24, 2.45) is 0 Å². The smallest absolute Gasteiger partial charge is 0.262 e. The van der Waals surface area contributed by atoms with Crippen molar-refractivity contribution in [2.75, 3.05) is 44.8 Å². The van der Waals surface area contributed by atoms with E-state index < -0.39 is 10.0 Å². The zero-order chi connectivity index (χ0) is 21.1. The SMILES string of the molecule is Cc1cccc(C(CNS(=O)(=O)c2ccc3c(c2)NC(=O)CO3)N2CCOCC2)c1. The standard InChI is InChI=1S/C21H25N3O5S/c1-15-3-2-4-16(11-15)19(24-7-9-28-10-8-24)13-22-30(26,27)17-5-6-20-18(12-17)23-21(25)14-29-20/h2-6,11-12,19,22H,7-10,13-14H2,1H3,(H,23,25). The van der Waals surface area contributed by atoms with Crippen LogP contribution in [0.5, 0.6) is 5.75 Å². The number of nitrogens with zero attached hydrogens (tertiary/aromatic N) is 1. The Morgan fingerprint density at radius 2 is 1.97 bits per heavy atom. The van der Waals surface area contributed by atoms with Crippen LogP contribution in [0.2, 0.25) is 0 Å². The second-order valence-corrected chi connectivity index (χ2v) is 9.19. The molecule has 9 heteroatoms. The largest absolute Gasteiger partial charge is 0.482 e. The fourth-order valence-corrected chi connectivity index (χ4v) is 4.79. The number of amides is 1. The molecule has 2 aromatic carbocycles. The predicted molar refractivity (Wildman–Crippen MR) is 112 cm³/mol. The van der Waals surface area contributed by atoms with Gasteiger partial charge in [-0.2, -0.15) is 0 Å². The van der Waals surface area contributed by atoms with Crippen LogP contribution in [0.1, 0.15) is 17.2 Å². The predicted octanol–water partition coefficient (Wildman–Crippen LogP) is 1.68. The first-order chi connectivity index (χ1) is 14.4. The number of rotatable bonds is 6. The van der Waals surface area contributed by atoms with Crippen LogP contribution in [0.3, 0.4) is 0 Å². The molecule has 0 bridgehead atoms. The lowest BCUT2D eigenvalue weighted by molar-refractivity contribution is -0.118. The lowest BCUT2D eigenvalue weighted by Crippen LogP contribution is -2.43. The van der Waals surface area contributed by atoms with Gasteiger partial charge in [0.15, 0.2) is 6.61 Å². The number of nitrogens with one attached hydrogen (secondary N) is 2. The summed E-state index contributed by atoms with van der Waals surface area (Å²) in [6.07, 6.45) is 0. The second-order valence-electron chi connectivity index (χ2n) is 7.42. The molecule has 30 heavy (non-hydrogen) atoms. The van der Waals surface area contributed by atoms with Crippen molar-refractivity contribution in [1.29, 1.82) is 0 Å². The van der Waals surface area contributed by atoms with Crippen LogP contribution in [-0.4, -0.2) is 58.7 Å². The average molecular weight is 432 g/mol. The van der Waals surface area contributed by atoms with Crippen LogP contribution >= 0.6 is 0 Å². The summed E-state index contributed by atoms with van der Waals surface area (Å²) < 4.78 is 39.5. The number of morpholine rings is 1. The lowest BCUT2D eigenvalue weighted by atomic mass is 10.0. The lowest BCUT2D eigenvalue weighted by Gasteiger charge is -2.35. The Balaban J connectivity index is 1.55. The van der Waals surface area contributed by atoms with Crippen molar-refractivity contribution in [3.8, 4) is 5.75 Å². The number of aryl methyl sites for hydroxylation is 1. The van der Waals surface area contributed by atoms with Gasteiger partial charge in [-0.05, 0) is 30.7 Å². The van der Waals surface area contributed by atoms with Crippen molar-refractivity contribution < 1.29 is 22.7 Å². The number of ether oxygens (including phenoxy) is 2. The molecule has 2 heterocycles. The fraction of sp³-hybridized carbons (Fsp3) is 0.381. The Hall–Kier alpha value is -2.46. The second kappa shape index (κ2) is 8.73. The summed E-state index contributed by atoms with van der Waals surface area (Å²) >= 11 is 0. The first kappa shape index (κ1) is 20.8. The molecule has 0 saturated carbocycles. The normalized spacial score (nSPS) is 18.2. The monoisotopic (exact) mass is 431 g/mol. The molecule has 1 saturated heterocycles. The van der Waals surface area contributed by atoms with E-state index in [1.54, 1.807) is 6.07 Å². The van der Waals surface area contributed by atoms with Crippen LogP contribution in [0.25, 0.3) is 0 Å². The number of benzene rings is 2. The van der Waals surface area contributed by atoms with Crippen molar-refractivity contribution in [3.63, 3.8) is 0 Å². The molecule has 0 spiro atoms. The Bertz CT molecular complexity index is 1030. The molecule has 1 fully saturated rings. The summed E-state index contributed by atoms with van der Waals surface area (Å²) in [6, 6.07) is 12.5. The van der Waals surface area contributed by atoms with Crippen LogP contribution in [-0.2, 0) is 19.6 Å². The molecule has 2 N–H and O–H groups in total. The minimum absolute atomic E-state index is 0.0743. The van der Waals surface area contributed by atoms with E-state index in [1.807, 2.05) is 25.1 Å². The minimum atomic E-state index is -3.78. The van der Waals surface area contributed by atoms with E-state index in [2.05, 4.69) is 21.0 Å². The van der Waals surface area contributed by atoms with E-state index in [0.717, 1.165) is 24.2 Å². The summed E-state index contributed by atoms with van der Waals surface area (Å²) in [5.74, 6) is 0.149. The van der Waals surface area contributed by atoms with Gasteiger partial charge in [0.1, 0.15) is 5.75 Å². The van der Waals surface area contributed by atoms with Gasteiger partial charge in [-0.3, -0.25) is 9.69 Å². The number of carbonyl (C=O) groups excluding carboxylic acids is 1. The quantitative estimate of drug-likeness (QED) is 0.722. The molecule has 4 rings (SSSR count). The van der Waals surface area contributed by atoms with Crippen LogP contribution in [0.15, 0.2) is 47.4 Å². The highest BCUT2D eigenvalue weighted by molar-refractivity contribution is 7.89. The van der Waals surface area contributed by atoms with Gasteiger partial charge in [0.25, 0.3) is 5.91 Å². The third-order valence-electron chi connectivity index (χ3n) is 5.27. The molecular formula is C21H25N3O5S. The molecule has 2 aromatic rings. The van der Waals surface area contributed by atoms with Crippen molar-refractivity contribution in [3.05, 3.63) is 53.6 Å². The number of sulfonamides is 1. The van der Waals surface area contributed by atoms with Gasteiger partial charge in [0.05, 0.1) is 23.8 Å². The van der Waals surface area contributed by atoms with Gasteiger partial charge in [-0.25, -0.2) is 13.1 Å². The molecule has 1 unspecified atom stereocenters. The summed E-state index contributed by atoms with van der Waals surface area (Å²) in [7, 11) is -3.78. The van der Waals surface area contributed by atoms with Crippen molar-refractivity contribution >= 4 is 21.6 Å². The minimum Gasteiger partial charge on any atom is -0.482 e. The van der Waals surface area contributed by atoms with Gasteiger partial charge >= 0.3 is 0 Å². The van der Waals surface area contributed by atoms with Gasteiger partial charge in [-0.15, -0.1) is 0 Å². The maximum Gasteiger partial charge on any atom is 0.262 e. The zero-order valence-corrected chi connectivity index (χ0v) is 17.6. The third-order valence-corrected chi connectivity index (χ3v) is 6.70. The summed E-state index contributed by atoms with van der Waals surface area (Å²) in [6.45, 7) is 4.90. The highest BCUT2D eigenvalue weighted by Crippen LogP contribution is 2.30. The van der Waals surface area contributed by atoms with E-state index in [9.17, 15) is 13.2 Å². The first-order valence-corrected chi connectivity index (χ1v) is 11.4. The molecule has 0 radical (unpaired) electrons. The first-order valence-electron chi connectivity index (χ1n) is 9.87. The number of fused-ring (bicyclic) bond motifs is 1. The summed E-state index contributed by atoms with van der Waals surface area (Å²) in [5, 5.41) is 2.64. The molecule has 1 atom stereocenters. The topological polar surface area (TPSA) is 97.0 Å². The maximum absolute atomic E-state index is 13.0. The summed E-state index contributed by atoms with van der Waals surface area (Å²) in [4.78, 5) is 13.9. The zero-order valence-electron chi connectivity index (χ0n) is 16.8. The Labute approximate surface area is 176 Å². The number of hydrogen-bond donors (Lipinski definition) is 2. The van der Waals surface area contributed by atoms with Crippen LogP contribution < -0.4 is 14.8 Å². The maximum atomic E-state index is 13.0. The Kier molecular flexibility index (Phi) is 6.05. The molecule has 0 aliphatic carbocycles. The van der Waals surface area contributed by atoms with Crippen LogP contribution in [0, 0.1) is 6.92 Å². The van der Waals surface area contributed by atoms with Crippen LogP contribution in [0.4, 0.5) is 5.69 Å². The van der Waals surface area contributed by atoms with E-state index in [0.29, 0.717) is 24.7 Å². The van der Waals surface area contributed by atoms with Crippen molar-refractivity contribution in [1.82, 2.24) is 9.62 Å². The van der Waals surface area contributed by atoms with Gasteiger partial charge in [-0.1, -0.05) is 29.8 Å². The molecular weight excluding hydrogens is 406 g/mol. The number of carbonyl (C=O) groups is 1. The molecule has 8 nitrogen and oxygen atoms in total. The molecule has 0 aromatic heterocycles. The number of anilines is 1. The number of hydrogen-bond acceptors (Lipinski definition) is 6. The van der Waals surface area contributed by atoms with E-state index >= 15 is 0 Å². The Morgan fingerprint density at radius 3 is 2.73 bits per heavy atom. The van der Waals surface area contributed by atoms with E-state index in [-0.39, 0.29) is 30.0 Å². The van der Waals surface area contributed by atoms with Gasteiger partial charge < -0.3 is 14.8 Å². The molecule has 2 aliphatic rings. The third kappa shape index (κ3) is 4.65. The highest BCUT2D eigenvalue weighted by atomic mass is 32.2.